The van der Waals surface area contributed by atoms with Crippen molar-refractivity contribution >= 4 is 12.4 Å². The van der Waals surface area contributed by atoms with Crippen molar-refractivity contribution in [3.8, 4) is 0 Å². The summed E-state index contributed by atoms with van der Waals surface area (Å²) in [5.41, 5.74) is 1.44. The fraction of sp³-hybridized carbons (Fsp3) is 0.571. The van der Waals surface area contributed by atoms with Crippen molar-refractivity contribution < 1.29 is 0 Å². The number of rotatable bonds is 2. The van der Waals surface area contributed by atoms with Crippen molar-refractivity contribution in [2.45, 2.75) is 37.9 Å². The van der Waals surface area contributed by atoms with Gasteiger partial charge in [-0.3, -0.25) is 4.90 Å². The van der Waals surface area contributed by atoms with Crippen LogP contribution < -0.4 is 5.32 Å². The highest BCUT2D eigenvalue weighted by Gasteiger charge is 2.28. The van der Waals surface area contributed by atoms with E-state index in [-0.39, 0.29) is 12.4 Å². The van der Waals surface area contributed by atoms with Gasteiger partial charge in [-0.05, 0) is 24.8 Å². The second-order valence-electron chi connectivity index (χ2n) is 5.15. The number of halogens is 1. The average Bonchev–Trinajstić information content (AvgIpc) is 2.64. The molecule has 2 atom stereocenters. The molecule has 1 aromatic carbocycles. The van der Waals surface area contributed by atoms with Gasteiger partial charge in [0, 0.05) is 31.7 Å². The lowest BCUT2D eigenvalue weighted by Crippen LogP contribution is -2.34. The lowest BCUT2D eigenvalue weighted by molar-refractivity contribution is 0.251. The second-order valence-corrected chi connectivity index (χ2v) is 5.15. The van der Waals surface area contributed by atoms with Crippen LogP contribution in [-0.4, -0.2) is 30.1 Å². The van der Waals surface area contributed by atoms with Crippen LogP contribution in [0.4, 0.5) is 0 Å². The quantitative estimate of drug-likeness (QED) is 0.870. The highest BCUT2D eigenvalue weighted by molar-refractivity contribution is 5.85. The summed E-state index contributed by atoms with van der Waals surface area (Å²) in [4.78, 5) is 2.60. The summed E-state index contributed by atoms with van der Waals surface area (Å²) in [6.45, 7) is 3.60. The molecule has 0 radical (unpaired) electrons. The number of hydrogen-bond donors (Lipinski definition) is 1. The maximum Gasteiger partial charge on any atom is 0.0234 e. The van der Waals surface area contributed by atoms with Crippen LogP contribution in [0.15, 0.2) is 30.3 Å². The highest BCUT2D eigenvalue weighted by Crippen LogP contribution is 2.21. The maximum absolute atomic E-state index is 3.73. The standard InChI is InChI=1S/C14H20N2.ClH/c1-2-4-12(5-3-1)10-16-9-8-13-6-7-14(11-16)15-13;/h1-5,13-15H,6-11H2;1H. The van der Waals surface area contributed by atoms with Gasteiger partial charge in [0.05, 0.1) is 0 Å². The van der Waals surface area contributed by atoms with Gasteiger partial charge in [-0.1, -0.05) is 30.3 Å². The van der Waals surface area contributed by atoms with E-state index in [1.54, 1.807) is 0 Å². The fourth-order valence-corrected chi connectivity index (χ4v) is 3.00. The average molecular weight is 253 g/mol. The molecule has 3 heteroatoms. The number of nitrogens with one attached hydrogen (secondary N) is 1. The molecule has 1 aromatic rings. The van der Waals surface area contributed by atoms with Crippen LogP contribution in [-0.2, 0) is 6.54 Å². The van der Waals surface area contributed by atoms with Crippen molar-refractivity contribution in [1.82, 2.24) is 10.2 Å². The molecule has 0 amide bonds. The molecule has 1 N–H and O–H groups in total. The first-order chi connectivity index (χ1) is 7.90. The monoisotopic (exact) mass is 252 g/mol. The van der Waals surface area contributed by atoms with Crippen molar-refractivity contribution in [3.05, 3.63) is 35.9 Å². The number of fused-ring (bicyclic) bond motifs is 2. The van der Waals surface area contributed by atoms with Crippen LogP contribution in [0.1, 0.15) is 24.8 Å². The SMILES string of the molecule is Cl.c1ccc(CN2CCC3CCC(C2)N3)cc1. The second kappa shape index (κ2) is 5.85. The smallest absolute Gasteiger partial charge is 0.0234 e. The molecule has 2 nitrogen and oxygen atoms in total. The van der Waals surface area contributed by atoms with Gasteiger partial charge in [-0.2, -0.15) is 0 Å². The van der Waals surface area contributed by atoms with E-state index in [9.17, 15) is 0 Å². The number of hydrogen-bond acceptors (Lipinski definition) is 2. The van der Waals surface area contributed by atoms with Gasteiger partial charge in [-0.15, -0.1) is 12.4 Å². The first-order valence-corrected chi connectivity index (χ1v) is 6.42. The van der Waals surface area contributed by atoms with Crippen molar-refractivity contribution in [3.63, 3.8) is 0 Å². The molecule has 17 heavy (non-hydrogen) atoms. The van der Waals surface area contributed by atoms with Crippen LogP contribution in [0.2, 0.25) is 0 Å². The third-order valence-electron chi connectivity index (χ3n) is 3.86. The third-order valence-corrected chi connectivity index (χ3v) is 3.86. The first kappa shape index (κ1) is 12.9. The van der Waals surface area contributed by atoms with E-state index >= 15 is 0 Å². The summed E-state index contributed by atoms with van der Waals surface area (Å²) in [5, 5.41) is 3.73. The van der Waals surface area contributed by atoms with E-state index < -0.39 is 0 Å². The third kappa shape index (κ3) is 3.21. The molecule has 2 heterocycles. The Bertz CT molecular complexity index is 341. The van der Waals surface area contributed by atoms with Gasteiger partial charge in [0.25, 0.3) is 0 Å². The Balaban J connectivity index is 0.00000108. The minimum Gasteiger partial charge on any atom is -0.310 e. The summed E-state index contributed by atoms with van der Waals surface area (Å²) >= 11 is 0. The lowest BCUT2D eigenvalue weighted by Gasteiger charge is -2.23. The zero-order valence-corrected chi connectivity index (χ0v) is 11.0. The van der Waals surface area contributed by atoms with Gasteiger partial charge in [0.1, 0.15) is 0 Å². The van der Waals surface area contributed by atoms with Gasteiger partial charge < -0.3 is 5.32 Å². The van der Waals surface area contributed by atoms with Crippen molar-refractivity contribution in [1.29, 1.82) is 0 Å². The molecule has 0 aliphatic carbocycles. The Morgan fingerprint density at radius 3 is 2.65 bits per heavy atom. The summed E-state index contributed by atoms with van der Waals surface area (Å²) in [7, 11) is 0. The highest BCUT2D eigenvalue weighted by atomic mass is 35.5. The summed E-state index contributed by atoms with van der Waals surface area (Å²) < 4.78 is 0. The van der Waals surface area contributed by atoms with Crippen LogP contribution in [0.25, 0.3) is 0 Å². The van der Waals surface area contributed by atoms with Gasteiger partial charge in [0.15, 0.2) is 0 Å². The molecule has 2 fully saturated rings. The molecular weight excluding hydrogens is 232 g/mol. The molecule has 2 aliphatic rings. The van der Waals surface area contributed by atoms with E-state index in [0.29, 0.717) is 0 Å². The minimum absolute atomic E-state index is 0. The Morgan fingerprint density at radius 1 is 1.06 bits per heavy atom. The van der Waals surface area contributed by atoms with E-state index in [1.165, 1.54) is 37.9 Å². The zero-order valence-electron chi connectivity index (χ0n) is 10.1. The molecule has 2 saturated heterocycles. The normalized spacial score (nSPS) is 28.5. The van der Waals surface area contributed by atoms with Crippen LogP contribution >= 0.6 is 12.4 Å². The van der Waals surface area contributed by atoms with Crippen LogP contribution in [0.3, 0.4) is 0 Å². The molecule has 0 aromatic heterocycles. The fourth-order valence-electron chi connectivity index (χ4n) is 3.00. The van der Waals surface area contributed by atoms with E-state index in [4.69, 9.17) is 0 Å². The minimum atomic E-state index is 0. The molecule has 94 valence electrons. The lowest BCUT2D eigenvalue weighted by atomic mass is 10.1. The number of nitrogens with zero attached hydrogens (tertiary/aromatic N) is 1. The topological polar surface area (TPSA) is 15.3 Å². The largest absolute Gasteiger partial charge is 0.310 e. The molecule has 0 spiro atoms. The Labute approximate surface area is 110 Å². The molecular formula is C14H21ClN2. The first-order valence-electron chi connectivity index (χ1n) is 6.42. The molecule has 0 saturated carbocycles. The Kier molecular flexibility index (Phi) is 4.43. The predicted molar refractivity (Wildman–Crippen MR) is 73.5 cm³/mol. The van der Waals surface area contributed by atoms with Gasteiger partial charge in [-0.25, -0.2) is 0 Å². The van der Waals surface area contributed by atoms with Crippen LogP contribution in [0.5, 0.6) is 0 Å². The van der Waals surface area contributed by atoms with Crippen molar-refractivity contribution in [2.24, 2.45) is 0 Å². The molecule has 2 unspecified atom stereocenters. The van der Waals surface area contributed by atoms with E-state index in [0.717, 1.165) is 18.6 Å². The summed E-state index contributed by atoms with van der Waals surface area (Å²) in [5.74, 6) is 0. The number of likely N-dealkylation sites (tertiary alicyclic amines) is 1. The van der Waals surface area contributed by atoms with Gasteiger partial charge >= 0.3 is 0 Å². The maximum atomic E-state index is 3.73. The number of benzene rings is 1. The van der Waals surface area contributed by atoms with E-state index in [2.05, 4.69) is 40.5 Å². The van der Waals surface area contributed by atoms with Crippen molar-refractivity contribution in [2.75, 3.05) is 13.1 Å². The Morgan fingerprint density at radius 2 is 1.82 bits per heavy atom. The predicted octanol–water partition coefficient (Wildman–Crippen LogP) is 2.43. The molecule has 2 bridgehead atoms. The summed E-state index contributed by atoms with van der Waals surface area (Å²) in [6.07, 6.45) is 4.09. The molecule has 3 rings (SSSR count). The Hall–Kier alpha value is -0.570. The zero-order chi connectivity index (χ0) is 10.8. The van der Waals surface area contributed by atoms with Gasteiger partial charge in [0.2, 0.25) is 0 Å². The van der Waals surface area contributed by atoms with Crippen LogP contribution in [0, 0.1) is 0 Å². The summed E-state index contributed by atoms with van der Waals surface area (Å²) in [6, 6.07) is 12.4. The molecule has 2 aliphatic heterocycles. The van der Waals surface area contributed by atoms with E-state index in [1.807, 2.05) is 0 Å².